The van der Waals surface area contributed by atoms with Crippen molar-refractivity contribution in [2.24, 2.45) is 0 Å². The molecule has 0 amide bonds. The molecule has 1 rings (SSSR count). The summed E-state index contributed by atoms with van der Waals surface area (Å²) in [5.74, 6) is 2.28. The van der Waals surface area contributed by atoms with Crippen molar-refractivity contribution >= 4 is 10.0 Å². The Balaban J connectivity index is 3.32. The zero-order valence-electron chi connectivity index (χ0n) is 9.29. The topological polar surface area (TPSA) is 74.1 Å². The molecule has 0 unspecified atom stereocenters. The quantitative estimate of drug-likeness (QED) is 0.732. The summed E-state index contributed by atoms with van der Waals surface area (Å²) >= 11 is 0. The molecule has 17 heavy (non-hydrogen) atoms. The molecule has 0 spiro atoms. The van der Waals surface area contributed by atoms with Crippen LogP contribution in [0.3, 0.4) is 0 Å². The molecule has 0 N–H and O–H groups in total. The van der Waals surface area contributed by atoms with Crippen LogP contribution in [0.5, 0.6) is 0 Å². The van der Waals surface area contributed by atoms with Crippen LogP contribution in [0.15, 0.2) is 23.2 Å². The van der Waals surface area contributed by atoms with Gasteiger partial charge in [0.1, 0.15) is 11.0 Å². The highest BCUT2D eigenvalue weighted by Crippen LogP contribution is 2.17. The molecule has 0 fully saturated rings. The van der Waals surface area contributed by atoms with Crippen LogP contribution in [0, 0.1) is 23.7 Å². The van der Waals surface area contributed by atoms with Gasteiger partial charge in [-0.2, -0.15) is 9.57 Å². The molecule has 0 aromatic carbocycles. The normalized spacial score (nSPS) is 10.8. The summed E-state index contributed by atoms with van der Waals surface area (Å²) < 4.78 is 25.5. The van der Waals surface area contributed by atoms with Crippen LogP contribution in [0.4, 0.5) is 0 Å². The van der Waals surface area contributed by atoms with Crippen LogP contribution in [-0.4, -0.2) is 30.8 Å². The lowest BCUT2D eigenvalue weighted by Crippen LogP contribution is -2.31. The highest BCUT2D eigenvalue weighted by Gasteiger charge is 2.25. The molecule has 0 bridgehead atoms. The van der Waals surface area contributed by atoms with E-state index in [0.29, 0.717) is 0 Å². The first kappa shape index (κ1) is 13.2. The van der Waals surface area contributed by atoms with Gasteiger partial charge in [-0.1, -0.05) is 12.8 Å². The van der Waals surface area contributed by atoms with E-state index in [9.17, 15) is 8.42 Å². The Morgan fingerprint density at radius 2 is 2.29 bits per heavy atom. The van der Waals surface area contributed by atoms with Crippen molar-refractivity contribution in [1.29, 1.82) is 5.26 Å². The Labute approximate surface area is 101 Å². The molecule has 1 heterocycles. The largest absolute Gasteiger partial charge is 0.246 e. The summed E-state index contributed by atoms with van der Waals surface area (Å²) in [6.07, 6.45) is 6.48. The maximum Gasteiger partial charge on any atom is 0.246 e. The predicted octanol–water partition coefficient (Wildman–Crippen LogP) is 0.597. The van der Waals surface area contributed by atoms with Crippen molar-refractivity contribution in [3.8, 4) is 18.4 Å². The highest BCUT2D eigenvalue weighted by atomic mass is 32.2. The van der Waals surface area contributed by atoms with E-state index >= 15 is 0 Å². The first-order chi connectivity index (χ1) is 8.07. The minimum atomic E-state index is -3.75. The van der Waals surface area contributed by atoms with E-state index in [0.717, 1.165) is 4.31 Å². The van der Waals surface area contributed by atoms with Gasteiger partial charge in [0.25, 0.3) is 0 Å². The average molecular weight is 249 g/mol. The van der Waals surface area contributed by atoms with E-state index < -0.39 is 10.0 Å². The number of nitrogens with zero attached hydrogens (tertiary/aromatic N) is 3. The molecular formula is C11H11N3O2S. The Bertz CT molecular complexity index is 581. The second kappa shape index (κ2) is 5.44. The van der Waals surface area contributed by atoms with Crippen molar-refractivity contribution in [3.63, 3.8) is 0 Å². The Morgan fingerprint density at radius 1 is 1.59 bits per heavy atom. The van der Waals surface area contributed by atoms with Gasteiger partial charge < -0.3 is 0 Å². The van der Waals surface area contributed by atoms with Crippen LogP contribution in [0.1, 0.15) is 12.6 Å². The number of sulfonamides is 1. The van der Waals surface area contributed by atoms with Crippen LogP contribution < -0.4 is 0 Å². The third-order valence-corrected chi connectivity index (χ3v) is 4.07. The van der Waals surface area contributed by atoms with Gasteiger partial charge in [-0.3, -0.25) is 0 Å². The Kier molecular flexibility index (Phi) is 4.22. The first-order valence-electron chi connectivity index (χ1n) is 4.86. The molecule has 1 aromatic rings. The molecule has 0 aliphatic rings. The summed E-state index contributed by atoms with van der Waals surface area (Å²) in [5, 5.41) is 8.83. The number of hydrogen-bond acceptors (Lipinski definition) is 4. The van der Waals surface area contributed by atoms with Crippen molar-refractivity contribution in [2.75, 3.05) is 13.1 Å². The number of terminal acetylenes is 1. The lowest BCUT2D eigenvalue weighted by Gasteiger charge is -2.17. The third-order valence-electron chi connectivity index (χ3n) is 2.11. The van der Waals surface area contributed by atoms with Gasteiger partial charge in [-0.25, -0.2) is 13.4 Å². The Morgan fingerprint density at radius 3 is 2.82 bits per heavy atom. The number of rotatable bonds is 4. The van der Waals surface area contributed by atoms with Gasteiger partial charge in [0, 0.05) is 12.7 Å². The van der Waals surface area contributed by atoms with Gasteiger partial charge in [0.2, 0.25) is 10.0 Å². The van der Waals surface area contributed by atoms with Gasteiger partial charge in [0.15, 0.2) is 5.69 Å². The molecule has 0 aliphatic carbocycles. The van der Waals surface area contributed by atoms with Crippen LogP contribution in [0.2, 0.25) is 0 Å². The zero-order chi connectivity index (χ0) is 12.9. The lowest BCUT2D eigenvalue weighted by atomic mass is 10.4. The summed E-state index contributed by atoms with van der Waals surface area (Å²) in [6.45, 7) is 1.89. The first-order valence-corrected chi connectivity index (χ1v) is 6.30. The minimum absolute atomic E-state index is 0.0292. The van der Waals surface area contributed by atoms with E-state index in [4.69, 9.17) is 11.7 Å². The average Bonchev–Trinajstić information content (AvgIpc) is 2.35. The molecule has 0 saturated heterocycles. The van der Waals surface area contributed by atoms with Gasteiger partial charge >= 0.3 is 0 Å². The smallest absolute Gasteiger partial charge is 0.244 e. The summed E-state index contributed by atoms with van der Waals surface area (Å²) in [6, 6.07) is 4.57. The van der Waals surface area contributed by atoms with Crippen molar-refractivity contribution < 1.29 is 8.42 Å². The fourth-order valence-electron chi connectivity index (χ4n) is 1.29. The molecule has 6 heteroatoms. The maximum absolute atomic E-state index is 12.2. The number of pyridine rings is 1. The van der Waals surface area contributed by atoms with E-state index in [1.807, 2.05) is 0 Å². The maximum atomic E-state index is 12.2. The molecule has 0 radical (unpaired) electrons. The zero-order valence-corrected chi connectivity index (χ0v) is 10.1. The summed E-state index contributed by atoms with van der Waals surface area (Å²) in [4.78, 5) is 3.61. The van der Waals surface area contributed by atoms with E-state index in [1.165, 1.54) is 18.3 Å². The highest BCUT2D eigenvalue weighted by molar-refractivity contribution is 7.89. The molecular weight excluding hydrogens is 238 g/mol. The summed E-state index contributed by atoms with van der Waals surface area (Å²) in [7, 11) is -3.75. The molecule has 0 saturated carbocycles. The van der Waals surface area contributed by atoms with Crippen LogP contribution in [-0.2, 0) is 10.0 Å². The summed E-state index contributed by atoms with van der Waals surface area (Å²) in [5.41, 5.74) is -0.122. The molecule has 1 aromatic heterocycles. The van der Waals surface area contributed by atoms with E-state index in [1.54, 1.807) is 13.0 Å². The third kappa shape index (κ3) is 2.62. The fourth-order valence-corrected chi connectivity index (χ4v) is 2.75. The van der Waals surface area contributed by atoms with Crippen molar-refractivity contribution in [1.82, 2.24) is 9.29 Å². The van der Waals surface area contributed by atoms with Crippen molar-refractivity contribution in [3.05, 3.63) is 24.0 Å². The molecule has 5 nitrogen and oxygen atoms in total. The SMILES string of the molecule is C#CCN(CC)S(=O)(=O)c1cccnc1C#N. The van der Waals surface area contributed by atoms with Crippen LogP contribution in [0.25, 0.3) is 0 Å². The molecule has 88 valence electrons. The standard InChI is InChI=1S/C11H11N3O2S/c1-3-8-14(4-2)17(15,16)11-6-5-7-13-10(11)9-12/h1,5-7H,4,8H2,2H3. The van der Waals surface area contributed by atoms with Gasteiger partial charge in [-0.15, -0.1) is 6.42 Å². The number of hydrogen-bond donors (Lipinski definition) is 0. The van der Waals surface area contributed by atoms with E-state index in [-0.39, 0.29) is 23.7 Å². The van der Waals surface area contributed by atoms with Gasteiger partial charge in [-0.05, 0) is 12.1 Å². The molecule has 0 aliphatic heterocycles. The van der Waals surface area contributed by atoms with Gasteiger partial charge in [0.05, 0.1) is 6.54 Å². The lowest BCUT2D eigenvalue weighted by molar-refractivity contribution is 0.463. The number of nitriles is 1. The monoisotopic (exact) mass is 249 g/mol. The molecule has 0 atom stereocenters. The van der Waals surface area contributed by atoms with E-state index in [2.05, 4.69) is 10.9 Å². The predicted molar refractivity (Wildman–Crippen MR) is 62.2 cm³/mol. The number of aromatic nitrogens is 1. The van der Waals surface area contributed by atoms with Crippen LogP contribution >= 0.6 is 0 Å². The fraction of sp³-hybridized carbons (Fsp3) is 0.273. The second-order valence-corrected chi connectivity index (χ2v) is 5.00. The minimum Gasteiger partial charge on any atom is -0.244 e. The Hall–Kier alpha value is -1.89. The van der Waals surface area contributed by atoms with Crippen molar-refractivity contribution in [2.45, 2.75) is 11.8 Å². The second-order valence-electron chi connectivity index (χ2n) is 3.10.